The average molecular weight is 331 g/mol. The van der Waals surface area contributed by atoms with E-state index in [2.05, 4.69) is 11.5 Å². The molecule has 2 heterocycles. The quantitative estimate of drug-likeness (QED) is 0.771. The van der Waals surface area contributed by atoms with Crippen LogP contribution in [0.5, 0.6) is 0 Å². The van der Waals surface area contributed by atoms with Crippen LogP contribution in [0.15, 0.2) is 18.2 Å². The van der Waals surface area contributed by atoms with E-state index in [1.807, 2.05) is 44.1 Å². The van der Waals surface area contributed by atoms with Gasteiger partial charge in [0.2, 0.25) is 5.91 Å². The van der Waals surface area contributed by atoms with Crippen LogP contribution in [-0.2, 0) is 11.3 Å². The molecule has 0 N–H and O–H groups in total. The van der Waals surface area contributed by atoms with Crippen LogP contribution in [0, 0.1) is 0 Å². The van der Waals surface area contributed by atoms with Crippen LogP contribution >= 0.6 is 0 Å². The molecular formula is C18H29N5O. The molecule has 132 valence electrons. The van der Waals surface area contributed by atoms with Crippen molar-refractivity contribution in [3.05, 3.63) is 29.7 Å². The maximum Gasteiger partial charge on any atom is 0.248 e. The molecule has 0 radical (unpaired) electrons. The first-order valence-corrected chi connectivity index (χ1v) is 8.42. The fraction of sp³-hybridized carbons (Fsp3) is 0.611. The Morgan fingerprint density at radius 3 is 2.62 bits per heavy atom. The molecule has 0 saturated carbocycles. The van der Waals surface area contributed by atoms with E-state index in [0.717, 1.165) is 43.3 Å². The molecule has 1 aliphatic heterocycles. The SMILES string of the molecule is C=C(C)C(=O)N1CCCC(c2nc(CN(C)C)cc(N(C)C)n2)C1. The summed E-state index contributed by atoms with van der Waals surface area (Å²) in [5, 5.41) is 0. The van der Waals surface area contributed by atoms with Gasteiger partial charge in [-0.1, -0.05) is 6.58 Å². The molecule has 1 aromatic rings. The Morgan fingerprint density at radius 2 is 2.04 bits per heavy atom. The van der Waals surface area contributed by atoms with Crippen LogP contribution < -0.4 is 4.90 Å². The van der Waals surface area contributed by atoms with E-state index in [0.29, 0.717) is 12.1 Å². The maximum absolute atomic E-state index is 12.2. The number of rotatable bonds is 5. The second kappa shape index (κ2) is 7.75. The van der Waals surface area contributed by atoms with Gasteiger partial charge in [0.15, 0.2) is 0 Å². The van der Waals surface area contributed by atoms with Crippen molar-refractivity contribution in [2.45, 2.75) is 32.2 Å². The van der Waals surface area contributed by atoms with Crippen LogP contribution in [0.1, 0.15) is 37.2 Å². The Kier molecular flexibility index (Phi) is 5.94. The van der Waals surface area contributed by atoms with Crippen molar-refractivity contribution in [1.82, 2.24) is 19.8 Å². The van der Waals surface area contributed by atoms with E-state index in [4.69, 9.17) is 9.97 Å². The van der Waals surface area contributed by atoms with Crippen molar-refractivity contribution in [2.24, 2.45) is 0 Å². The molecule has 1 atom stereocenters. The van der Waals surface area contributed by atoms with Crippen LogP contribution in [0.25, 0.3) is 0 Å². The van der Waals surface area contributed by atoms with E-state index in [1.54, 1.807) is 6.92 Å². The molecule has 1 aliphatic rings. The molecule has 0 spiro atoms. The third kappa shape index (κ3) is 4.54. The molecule has 0 bridgehead atoms. The largest absolute Gasteiger partial charge is 0.363 e. The second-order valence-electron chi connectivity index (χ2n) is 7.08. The highest BCUT2D eigenvalue weighted by molar-refractivity contribution is 5.92. The molecule has 0 aliphatic carbocycles. The van der Waals surface area contributed by atoms with Crippen molar-refractivity contribution >= 4 is 11.7 Å². The smallest absolute Gasteiger partial charge is 0.248 e. The lowest BCUT2D eigenvalue weighted by molar-refractivity contribution is -0.128. The zero-order valence-electron chi connectivity index (χ0n) is 15.5. The topological polar surface area (TPSA) is 52.6 Å². The minimum atomic E-state index is 0.0389. The van der Waals surface area contributed by atoms with Crippen LogP contribution in [-0.4, -0.2) is 67.0 Å². The second-order valence-corrected chi connectivity index (χ2v) is 7.08. The van der Waals surface area contributed by atoms with Crippen LogP contribution in [0.3, 0.4) is 0 Å². The van der Waals surface area contributed by atoms with Gasteiger partial charge in [0.05, 0.1) is 5.69 Å². The van der Waals surface area contributed by atoms with E-state index < -0.39 is 0 Å². The van der Waals surface area contributed by atoms with Gasteiger partial charge in [0.25, 0.3) is 0 Å². The molecule has 1 saturated heterocycles. The number of aromatic nitrogens is 2. The number of carbonyl (C=O) groups excluding carboxylic acids is 1. The monoisotopic (exact) mass is 331 g/mol. The van der Waals surface area contributed by atoms with Gasteiger partial charge in [0, 0.05) is 51.3 Å². The molecular weight excluding hydrogens is 302 g/mol. The van der Waals surface area contributed by atoms with Crippen LogP contribution in [0.4, 0.5) is 5.82 Å². The molecule has 0 aromatic carbocycles. The number of amides is 1. The van der Waals surface area contributed by atoms with Gasteiger partial charge in [-0.3, -0.25) is 4.79 Å². The molecule has 24 heavy (non-hydrogen) atoms. The first-order chi connectivity index (χ1) is 11.3. The lowest BCUT2D eigenvalue weighted by atomic mass is 9.96. The fourth-order valence-electron chi connectivity index (χ4n) is 2.96. The summed E-state index contributed by atoms with van der Waals surface area (Å²) < 4.78 is 0. The predicted octanol–water partition coefficient (Wildman–Crippen LogP) is 1.89. The van der Waals surface area contributed by atoms with Crippen molar-refractivity contribution in [1.29, 1.82) is 0 Å². The number of piperidine rings is 1. The molecule has 1 unspecified atom stereocenters. The van der Waals surface area contributed by atoms with Gasteiger partial charge in [-0.2, -0.15) is 0 Å². The fourth-order valence-corrected chi connectivity index (χ4v) is 2.96. The third-order valence-electron chi connectivity index (χ3n) is 4.16. The van der Waals surface area contributed by atoms with Gasteiger partial charge in [0.1, 0.15) is 11.6 Å². The number of hydrogen-bond donors (Lipinski definition) is 0. The first-order valence-electron chi connectivity index (χ1n) is 8.42. The molecule has 1 fully saturated rings. The number of anilines is 1. The summed E-state index contributed by atoms with van der Waals surface area (Å²) in [4.78, 5) is 27.7. The standard InChI is InChI=1S/C18H29N5O/c1-13(2)18(24)23-9-7-8-14(11-23)17-19-15(12-21(3)4)10-16(20-17)22(5)6/h10,14H,1,7-9,11-12H2,2-6H3. The third-order valence-corrected chi connectivity index (χ3v) is 4.16. The molecule has 1 aromatic heterocycles. The minimum Gasteiger partial charge on any atom is -0.363 e. The summed E-state index contributed by atoms with van der Waals surface area (Å²) >= 11 is 0. The van der Waals surface area contributed by atoms with Crippen molar-refractivity contribution in [3.8, 4) is 0 Å². The lowest BCUT2D eigenvalue weighted by Gasteiger charge is -2.32. The normalized spacial score (nSPS) is 17.9. The molecule has 6 nitrogen and oxygen atoms in total. The number of likely N-dealkylation sites (tertiary alicyclic amines) is 1. The zero-order chi connectivity index (χ0) is 17.9. The van der Waals surface area contributed by atoms with E-state index in [-0.39, 0.29) is 11.8 Å². The van der Waals surface area contributed by atoms with Gasteiger partial charge >= 0.3 is 0 Å². The Hall–Kier alpha value is -1.95. The zero-order valence-corrected chi connectivity index (χ0v) is 15.5. The highest BCUT2D eigenvalue weighted by Crippen LogP contribution is 2.27. The summed E-state index contributed by atoms with van der Waals surface area (Å²) in [6, 6.07) is 2.03. The number of carbonyl (C=O) groups is 1. The van der Waals surface area contributed by atoms with Crippen LogP contribution in [0.2, 0.25) is 0 Å². The average Bonchev–Trinajstić information content (AvgIpc) is 2.53. The summed E-state index contributed by atoms with van der Waals surface area (Å²) in [5.74, 6) is 1.98. The first kappa shape index (κ1) is 18.4. The van der Waals surface area contributed by atoms with Gasteiger partial charge < -0.3 is 14.7 Å². The van der Waals surface area contributed by atoms with Crippen molar-refractivity contribution in [2.75, 3.05) is 46.2 Å². The minimum absolute atomic E-state index is 0.0389. The summed E-state index contributed by atoms with van der Waals surface area (Å²) in [6.45, 7) is 7.78. The summed E-state index contributed by atoms with van der Waals surface area (Å²) in [7, 11) is 8.04. The Labute approximate surface area is 145 Å². The van der Waals surface area contributed by atoms with E-state index >= 15 is 0 Å². The predicted molar refractivity (Wildman–Crippen MR) is 97.1 cm³/mol. The van der Waals surface area contributed by atoms with Gasteiger partial charge in [-0.25, -0.2) is 9.97 Å². The summed E-state index contributed by atoms with van der Waals surface area (Å²) in [5.41, 5.74) is 1.60. The molecule has 1 amide bonds. The highest BCUT2D eigenvalue weighted by atomic mass is 16.2. The van der Waals surface area contributed by atoms with Gasteiger partial charge in [-0.15, -0.1) is 0 Å². The lowest BCUT2D eigenvalue weighted by Crippen LogP contribution is -2.40. The van der Waals surface area contributed by atoms with Gasteiger partial charge in [-0.05, 0) is 33.9 Å². The maximum atomic E-state index is 12.2. The van der Waals surface area contributed by atoms with E-state index in [1.165, 1.54) is 0 Å². The Balaban J connectivity index is 2.27. The highest BCUT2D eigenvalue weighted by Gasteiger charge is 2.27. The molecule has 6 heteroatoms. The number of nitrogens with zero attached hydrogens (tertiary/aromatic N) is 5. The Morgan fingerprint density at radius 1 is 1.33 bits per heavy atom. The van der Waals surface area contributed by atoms with E-state index in [9.17, 15) is 4.79 Å². The Bertz CT molecular complexity index is 611. The molecule has 2 rings (SSSR count). The summed E-state index contributed by atoms with van der Waals surface area (Å²) in [6.07, 6.45) is 1.99. The number of hydrogen-bond acceptors (Lipinski definition) is 5. The van der Waals surface area contributed by atoms with Crippen molar-refractivity contribution < 1.29 is 4.79 Å². The van der Waals surface area contributed by atoms with Crippen molar-refractivity contribution in [3.63, 3.8) is 0 Å².